The summed E-state index contributed by atoms with van der Waals surface area (Å²) in [6, 6.07) is 20.1. The molecule has 37 heavy (non-hydrogen) atoms. The fraction of sp³-hybridized carbons (Fsp3) is 0.400. The molecule has 2 aromatic carbocycles. The van der Waals surface area contributed by atoms with Crippen LogP contribution in [0.15, 0.2) is 66.9 Å². The van der Waals surface area contributed by atoms with Gasteiger partial charge in [-0.1, -0.05) is 43.3 Å². The minimum atomic E-state index is -0.326. The van der Waals surface area contributed by atoms with Crippen molar-refractivity contribution in [2.45, 2.75) is 52.5 Å². The van der Waals surface area contributed by atoms with E-state index in [1.165, 1.54) is 0 Å². The van der Waals surface area contributed by atoms with Crippen molar-refractivity contribution in [2.75, 3.05) is 31.6 Å². The van der Waals surface area contributed by atoms with Crippen molar-refractivity contribution in [1.82, 2.24) is 9.88 Å². The summed E-state index contributed by atoms with van der Waals surface area (Å²) >= 11 is 0. The number of likely N-dealkylation sites (N-methyl/N-ethyl adjacent to an activating group) is 1. The van der Waals surface area contributed by atoms with Crippen molar-refractivity contribution < 1.29 is 19.0 Å². The third-order valence-electron chi connectivity index (χ3n) is 6.62. The summed E-state index contributed by atoms with van der Waals surface area (Å²) in [4.78, 5) is 21.8. The van der Waals surface area contributed by atoms with Crippen LogP contribution >= 0.6 is 0 Å². The van der Waals surface area contributed by atoms with Crippen molar-refractivity contribution in [2.24, 2.45) is 0 Å². The van der Waals surface area contributed by atoms with E-state index in [0.29, 0.717) is 24.0 Å². The molecule has 1 aliphatic heterocycles. The van der Waals surface area contributed by atoms with Gasteiger partial charge >= 0.3 is 5.97 Å². The maximum Gasteiger partial charge on any atom is 0.342 e. The fourth-order valence-electron chi connectivity index (χ4n) is 4.72. The van der Waals surface area contributed by atoms with Crippen LogP contribution in [0.25, 0.3) is 0 Å². The topological polar surface area (TPSA) is 64.1 Å². The zero-order valence-electron chi connectivity index (χ0n) is 22.2. The van der Waals surface area contributed by atoms with Crippen molar-refractivity contribution in [1.29, 1.82) is 0 Å². The summed E-state index contributed by atoms with van der Waals surface area (Å²) in [5.74, 6) is 1.98. The van der Waals surface area contributed by atoms with Gasteiger partial charge in [0.15, 0.2) is 0 Å². The Morgan fingerprint density at radius 1 is 1.14 bits per heavy atom. The Hall–Kier alpha value is -3.58. The number of aromatic nitrogens is 1. The van der Waals surface area contributed by atoms with Gasteiger partial charge in [0.05, 0.1) is 13.2 Å². The molecule has 1 aromatic heterocycles. The van der Waals surface area contributed by atoms with E-state index >= 15 is 0 Å². The molecule has 1 aliphatic rings. The Bertz CT molecular complexity index is 1170. The highest BCUT2D eigenvalue weighted by molar-refractivity contribution is 5.95. The molecule has 0 spiro atoms. The number of pyridine rings is 1. The van der Waals surface area contributed by atoms with E-state index in [4.69, 9.17) is 14.2 Å². The second kappa shape index (κ2) is 12.6. The highest BCUT2D eigenvalue weighted by Gasteiger charge is 2.31. The number of rotatable bonds is 11. The third kappa shape index (κ3) is 6.80. The molecule has 0 N–H and O–H groups in total. The Balaban J connectivity index is 1.42. The van der Waals surface area contributed by atoms with Gasteiger partial charge in [-0.15, -0.1) is 0 Å². The highest BCUT2D eigenvalue weighted by Crippen LogP contribution is 2.30. The molecule has 0 amide bonds. The van der Waals surface area contributed by atoms with E-state index in [2.05, 4.69) is 39.9 Å². The third-order valence-corrected chi connectivity index (χ3v) is 6.62. The number of ether oxygens (including phenoxy) is 3. The van der Waals surface area contributed by atoms with Crippen LogP contribution < -0.4 is 14.4 Å². The van der Waals surface area contributed by atoms with Crippen LogP contribution in [-0.4, -0.2) is 54.7 Å². The van der Waals surface area contributed by atoms with Gasteiger partial charge in [-0.05, 0) is 50.6 Å². The molecule has 0 aliphatic carbocycles. The van der Waals surface area contributed by atoms with Gasteiger partial charge in [0.25, 0.3) is 0 Å². The molecule has 196 valence electrons. The molecule has 7 heteroatoms. The van der Waals surface area contributed by atoms with Crippen molar-refractivity contribution in [3.63, 3.8) is 0 Å². The smallest absolute Gasteiger partial charge is 0.342 e. The second-order valence-electron chi connectivity index (χ2n) is 9.53. The fourth-order valence-corrected chi connectivity index (χ4v) is 4.72. The van der Waals surface area contributed by atoms with Crippen molar-refractivity contribution >= 4 is 11.8 Å². The summed E-state index contributed by atoms with van der Waals surface area (Å²) in [7, 11) is 1.70. The Kier molecular flexibility index (Phi) is 9.01. The summed E-state index contributed by atoms with van der Waals surface area (Å²) in [6.45, 7) is 9.71. The molecule has 0 saturated carbocycles. The van der Waals surface area contributed by atoms with Gasteiger partial charge in [-0.3, -0.25) is 4.90 Å². The molecule has 2 heterocycles. The molecule has 1 atom stereocenters. The van der Waals surface area contributed by atoms with Crippen LogP contribution in [0, 0.1) is 0 Å². The van der Waals surface area contributed by atoms with E-state index in [9.17, 15) is 4.79 Å². The quantitative estimate of drug-likeness (QED) is 0.328. The molecule has 0 radical (unpaired) electrons. The summed E-state index contributed by atoms with van der Waals surface area (Å²) in [6.07, 6.45) is 2.55. The van der Waals surface area contributed by atoms with Crippen LogP contribution in [0.1, 0.15) is 48.7 Å². The predicted molar refractivity (Wildman–Crippen MR) is 145 cm³/mol. The van der Waals surface area contributed by atoms with Crippen LogP contribution in [0.3, 0.4) is 0 Å². The molecule has 3 aromatic rings. The lowest BCUT2D eigenvalue weighted by Crippen LogP contribution is -2.37. The number of carbonyl (C=O) groups excluding carboxylic acids is 1. The monoisotopic (exact) mass is 503 g/mol. The minimum Gasteiger partial charge on any atom is -0.496 e. The van der Waals surface area contributed by atoms with Gasteiger partial charge in [0, 0.05) is 43.5 Å². The number of esters is 1. The van der Waals surface area contributed by atoms with Crippen LogP contribution in [0.5, 0.6) is 11.5 Å². The molecule has 7 nitrogen and oxygen atoms in total. The zero-order valence-corrected chi connectivity index (χ0v) is 22.2. The SMILES string of the molecule is CCN(Cc1ccc(OCc2ccccc2)cc1OC)C1CCN(c2ncccc2C(=O)OC(C)C)C1. The second-order valence-corrected chi connectivity index (χ2v) is 9.53. The average Bonchev–Trinajstić information content (AvgIpc) is 3.41. The average molecular weight is 504 g/mol. The number of benzene rings is 2. The molecule has 1 saturated heterocycles. The first kappa shape index (κ1) is 26.5. The first-order valence-electron chi connectivity index (χ1n) is 13.0. The van der Waals surface area contributed by atoms with E-state index in [-0.39, 0.29) is 12.1 Å². The number of carbonyl (C=O) groups is 1. The molecule has 1 unspecified atom stereocenters. The molecule has 0 bridgehead atoms. The van der Waals surface area contributed by atoms with Crippen LogP contribution in [0.2, 0.25) is 0 Å². The minimum absolute atomic E-state index is 0.174. The highest BCUT2D eigenvalue weighted by atomic mass is 16.5. The van der Waals surface area contributed by atoms with Gasteiger partial charge < -0.3 is 19.1 Å². The van der Waals surface area contributed by atoms with Gasteiger partial charge in [-0.2, -0.15) is 0 Å². The standard InChI is InChI=1S/C30H37N3O4/c1-5-32(19-24-13-14-26(18-28(24)35-4)36-21-23-10-7-6-8-11-23)25-15-17-33(20-25)29-27(12-9-16-31-29)30(34)37-22(2)3/h6-14,16,18,22,25H,5,15,17,19-21H2,1-4H3. The molecule has 1 fully saturated rings. The Labute approximate surface area is 220 Å². The van der Waals surface area contributed by atoms with E-state index < -0.39 is 0 Å². The summed E-state index contributed by atoms with van der Waals surface area (Å²) in [5.41, 5.74) is 2.77. The van der Waals surface area contributed by atoms with E-state index in [0.717, 1.165) is 55.2 Å². The maximum atomic E-state index is 12.6. The molecule has 4 rings (SSSR count). The first-order valence-corrected chi connectivity index (χ1v) is 13.0. The first-order chi connectivity index (χ1) is 18.0. The van der Waals surface area contributed by atoms with Gasteiger partial charge in [-0.25, -0.2) is 9.78 Å². The van der Waals surface area contributed by atoms with Crippen molar-refractivity contribution in [3.05, 3.63) is 83.6 Å². The Morgan fingerprint density at radius 3 is 2.68 bits per heavy atom. The van der Waals surface area contributed by atoms with Crippen LogP contribution in [-0.2, 0) is 17.9 Å². The maximum absolute atomic E-state index is 12.6. The molecular weight excluding hydrogens is 466 g/mol. The number of hydrogen-bond donors (Lipinski definition) is 0. The van der Waals surface area contributed by atoms with E-state index in [1.807, 2.05) is 44.2 Å². The van der Waals surface area contributed by atoms with Crippen molar-refractivity contribution in [3.8, 4) is 11.5 Å². The van der Waals surface area contributed by atoms with E-state index in [1.54, 1.807) is 25.4 Å². The lowest BCUT2D eigenvalue weighted by molar-refractivity contribution is 0.0378. The number of hydrogen-bond acceptors (Lipinski definition) is 7. The van der Waals surface area contributed by atoms with Gasteiger partial charge in [0.1, 0.15) is 29.5 Å². The lowest BCUT2D eigenvalue weighted by Gasteiger charge is -2.29. The summed E-state index contributed by atoms with van der Waals surface area (Å²) in [5, 5.41) is 0. The lowest BCUT2D eigenvalue weighted by atomic mass is 10.1. The zero-order chi connectivity index (χ0) is 26.2. The largest absolute Gasteiger partial charge is 0.496 e. The van der Waals surface area contributed by atoms with Gasteiger partial charge in [0.2, 0.25) is 0 Å². The normalized spacial score (nSPS) is 15.3. The number of methoxy groups -OCH3 is 1. The predicted octanol–water partition coefficient (Wildman–Crippen LogP) is 5.34. The molecular formula is C30H37N3O4. The van der Waals surface area contributed by atoms with Crippen LogP contribution in [0.4, 0.5) is 5.82 Å². The number of nitrogens with zero attached hydrogens (tertiary/aromatic N) is 3. The number of anilines is 1. The summed E-state index contributed by atoms with van der Waals surface area (Å²) < 4.78 is 17.2. The Morgan fingerprint density at radius 2 is 1.95 bits per heavy atom.